The van der Waals surface area contributed by atoms with Gasteiger partial charge in [0.15, 0.2) is 0 Å². The van der Waals surface area contributed by atoms with Gasteiger partial charge in [0.1, 0.15) is 6.67 Å². The lowest BCUT2D eigenvalue weighted by atomic mass is 9.99. The predicted octanol–water partition coefficient (Wildman–Crippen LogP) is 11.1. The van der Waals surface area contributed by atoms with Gasteiger partial charge in [-0.25, -0.2) is 4.98 Å². The van der Waals surface area contributed by atoms with Gasteiger partial charge in [-0.15, -0.1) is 0 Å². The number of pyridine rings is 4. The van der Waals surface area contributed by atoms with Crippen molar-refractivity contribution in [2.24, 2.45) is 4.99 Å². The van der Waals surface area contributed by atoms with Crippen molar-refractivity contribution < 1.29 is 0 Å². The fourth-order valence-corrected chi connectivity index (χ4v) is 8.15. The van der Waals surface area contributed by atoms with Gasteiger partial charge in [-0.3, -0.25) is 19.9 Å². The molecule has 0 aliphatic carbocycles. The van der Waals surface area contributed by atoms with Crippen LogP contribution in [0.25, 0.3) is 72.9 Å². The Balaban J connectivity index is 1.15. The molecule has 264 valence electrons. The maximum Gasteiger partial charge on any atom is 0.107 e. The number of benzene rings is 4. The molecule has 8 heteroatoms. The number of aromatic nitrogens is 5. The number of fused-ring (bicyclic) bond motifs is 8. The molecular formula is C48H32N8. The van der Waals surface area contributed by atoms with E-state index in [-0.39, 0.29) is 0 Å². The van der Waals surface area contributed by atoms with Gasteiger partial charge in [-0.2, -0.15) is 0 Å². The molecule has 0 saturated heterocycles. The van der Waals surface area contributed by atoms with E-state index in [1.807, 2.05) is 48.8 Å². The molecule has 0 saturated carbocycles. The molecule has 4 aromatic carbocycles. The standard InChI is InChI=1S/C48H32N8/c1-2-12-35-31(11-1)23-26-52-46(35)32-19-21-33(22-20-32)56-44-29-49-30-53-47(44)45-36-13-3-5-17-42(36)55(43-18-6-4-14-37(43)48(45)56)34-27-40(38-15-7-9-24-50-38)54-41(28-34)39-16-8-10-25-51-39/h1-29,53H,30H2. The topological polar surface area (TPSA) is 84.1 Å². The Labute approximate surface area is 323 Å². The Morgan fingerprint density at radius 3 is 1.93 bits per heavy atom. The van der Waals surface area contributed by atoms with Gasteiger partial charge in [0.05, 0.1) is 62.6 Å². The largest absolute Gasteiger partial charge is 0.364 e. The minimum Gasteiger partial charge on any atom is -0.364 e. The number of para-hydroxylation sites is 2. The zero-order valence-corrected chi connectivity index (χ0v) is 30.1. The number of nitrogens with one attached hydrogen (secondary N) is 1. The van der Waals surface area contributed by atoms with Gasteiger partial charge in [0.2, 0.25) is 0 Å². The number of hydrogen-bond donors (Lipinski definition) is 1. The van der Waals surface area contributed by atoms with Crippen molar-refractivity contribution in [2.75, 3.05) is 16.9 Å². The van der Waals surface area contributed by atoms with Crippen LogP contribution in [0.3, 0.4) is 0 Å². The predicted molar refractivity (Wildman–Crippen MR) is 226 cm³/mol. The van der Waals surface area contributed by atoms with Crippen molar-refractivity contribution in [3.05, 3.63) is 176 Å². The Morgan fingerprint density at radius 2 is 1.20 bits per heavy atom. The van der Waals surface area contributed by atoms with Crippen molar-refractivity contribution >= 4 is 39.7 Å². The number of aliphatic imine (C=N–C) groups is 1. The summed E-state index contributed by atoms with van der Waals surface area (Å²) in [6, 6.07) is 52.6. The highest BCUT2D eigenvalue weighted by molar-refractivity contribution is 6.10. The molecule has 9 aromatic rings. The quantitative estimate of drug-likeness (QED) is 0.191. The first kappa shape index (κ1) is 31.8. The summed E-state index contributed by atoms with van der Waals surface area (Å²) in [7, 11) is 0. The molecular weight excluding hydrogens is 689 g/mol. The van der Waals surface area contributed by atoms with Gasteiger partial charge in [0.25, 0.3) is 0 Å². The van der Waals surface area contributed by atoms with Crippen LogP contribution in [0.2, 0.25) is 0 Å². The summed E-state index contributed by atoms with van der Waals surface area (Å²) in [4.78, 5) is 26.4. The summed E-state index contributed by atoms with van der Waals surface area (Å²) in [5.74, 6) is 0. The molecule has 0 fully saturated rings. The van der Waals surface area contributed by atoms with E-state index in [1.54, 1.807) is 12.4 Å². The first-order valence-corrected chi connectivity index (χ1v) is 18.6. The lowest BCUT2D eigenvalue weighted by Crippen LogP contribution is -2.14. The Kier molecular flexibility index (Phi) is 7.38. The molecule has 8 nitrogen and oxygen atoms in total. The van der Waals surface area contributed by atoms with Crippen LogP contribution >= 0.6 is 0 Å². The molecule has 1 N–H and O–H groups in total. The van der Waals surface area contributed by atoms with E-state index in [2.05, 4.69) is 130 Å². The van der Waals surface area contributed by atoms with Crippen LogP contribution < -0.4 is 10.2 Å². The number of nitrogens with zero attached hydrogens (tertiary/aromatic N) is 7. The Bertz CT molecular complexity index is 2910. The minimum absolute atomic E-state index is 0.494. The first-order valence-electron chi connectivity index (χ1n) is 18.6. The van der Waals surface area contributed by atoms with Crippen molar-refractivity contribution in [1.82, 2.24) is 24.5 Å². The highest BCUT2D eigenvalue weighted by atomic mass is 15.2. The zero-order chi connectivity index (χ0) is 37.0. The molecule has 0 unspecified atom stereocenters. The molecule has 2 aliphatic rings. The molecule has 2 aliphatic heterocycles. The fourth-order valence-electron chi connectivity index (χ4n) is 8.15. The second-order valence-electron chi connectivity index (χ2n) is 13.8. The maximum absolute atomic E-state index is 5.11. The lowest BCUT2D eigenvalue weighted by Gasteiger charge is -2.28. The molecule has 7 heterocycles. The fraction of sp³-hybridized carbons (Fsp3) is 0.0208. The minimum atomic E-state index is 0.494. The van der Waals surface area contributed by atoms with E-state index in [1.165, 1.54) is 5.39 Å². The second-order valence-corrected chi connectivity index (χ2v) is 13.8. The molecule has 0 spiro atoms. The van der Waals surface area contributed by atoms with Crippen molar-refractivity contribution in [3.63, 3.8) is 0 Å². The summed E-state index contributed by atoms with van der Waals surface area (Å²) >= 11 is 0. The number of anilines is 4. The van der Waals surface area contributed by atoms with Gasteiger partial charge < -0.3 is 14.8 Å². The lowest BCUT2D eigenvalue weighted by molar-refractivity contribution is 1.04. The van der Waals surface area contributed by atoms with Crippen molar-refractivity contribution in [2.45, 2.75) is 0 Å². The number of hydrogen-bond acceptors (Lipinski definition) is 7. The van der Waals surface area contributed by atoms with Crippen LogP contribution in [0.15, 0.2) is 175 Å². The molecule has 5 aromatic heterocycles. The summed E-state index contributed by atoms with van der Waals surface area (Å²) in [6.45, 7) is 0.494. The molecule has 56 heavy (non-hydrogen) atoms. The molecule has 11 rings (SSSR count). The van der Waals surface area contributed by atoms with E-state index >= 15 is 0 Å². The summed E-state index contributed by atoms with van der Waals surface area (Å²) in [5.41, 5.74) is 15.7. The van der Waals surface area contributed by atoms with Gasteiger partial charge in [0, 0.05) is 58.1 Å². The SMILES string of the molecule is C1=NCNc2c3c(n(-c4ccc(-c5nccc6ccccc56)cc4)c21)-c1ccccc1N(c1cc(-c2ccccn2)nc(-c2ccccn2)c1)c1ccccc1-3. The first-order chi connectivity index (χ1) is 27.8. The summed E-state index contributed by atoms with van der Waals surface area (Å²) in [6.07, 6.45) is 7.50. The van der Waals surface area contributed by atoms with Crippen molar-refractivity contribution in [3.8, 4) is 62.1 Å². The highest BCUT2D eigenvalue weighted by Gasteiger charge is 2.34. The van der Waals surface area contributed by atoms with E-state index in [4.69, 9.17) is 24.9 Å². The molecule has 0 amide bonds. The molecule has 0 bridgehead atoms. The third-order valence-corrected chi connectivity index (χ3v) is 10.6. The maximum atomic E-state index is 5.11. The van der Waals surface area contributed by atoms with Gasteiger partial charge in [-0.1, -0.05) is 84.9 Å². The van der Waals surface area contributed by atoms with E-state index < -0.39 is 0 Å². The van der Waals surface area contributed by atoms with Gasteiger partial charge in [-0.05, 0) is 72.1 Å². The zero-order valence-electron chi connectivity index (χ0n) is 30.1. The van der Waals surface area contributed by atoms with Crippen LogP contribution in [0, 0.1) is 0 Å². The smallest absolute Gasteiger partial charge is 0.107 e. The highest BCUT2D eigenvalue weighted by Crippen LogP contribution is 2.55. The van der Waals surface area contributed by atoms with Crippen LogP contribution in [0.4, 0.5) is 22.7 Å². The molecule has 0 atom stereocenters. The third kappa shape index (κ3) is 5.11. The average molecular weight is 721 g/mol. The molecule has 0 radical (unpaired) electrons. The average Bonchev–Trinajstić information content (AvgIpc) is 3.56. The summed E-state index contributed by atoms with van der Waals surface area (Å²) in [5, 5.41) is 5.98. The van der Waals surface area contributed by atoms with Crippen LogP contribution in [0.1, 0.15) is 5.69 Å². The van der Waals surface area contributed by atoms with Gasteiger partial charge >= 0.3 is 0 Å². The van der Waals surface area contributed by atoms with E-state index in [0.29, 0.717) is 6.67 Å². The van der Waals surface area contributed by atoms with E-state index in [9.17, 15) is 0 Å². The van der Waals surface area contributed by atoms with Crippen LogP contribution in [0.5, 0.6) is 0 Å². The van der Waals surface area contributed by atoms with Crippen LogP contribution in [-0.4, -0.2) is 37.4 Å². The summed E-state index contributed by atoms with van der Waals surface area (Å²) < 4.78 is 2.35. The Hall–Kier alpha value is -7.71. The van der Waals surface area contributed by atoms with Crippen LogP contribution in [-0.2, 0) is 0 Å². The monoisotopic (exact) mass is 720 g/mol. The van der Waals surface area contributed by atoms with Crippen molar-refractivity contribution in [1.29, 1.82) is 0 Å². The Morgan fingerprint density at radius 1 is 0.536 bits per heavy atom. The van der Waals surface area contributed by atoms with E-state index in [0.717, 1.165) is 95.9 Å². The second kappa shape index (κ2) is 13.0. The number of rotatable bonds is 5. The normalized spacial score (nSPS) is 12.6. The third-order valence-electron chi connectivity index (χ3n) is 10.6.